The second-order valence-corrected chi connectivity index (χ2v) is 17.9. The Labute approximate surface area is 433 Å². The highest BCUT2D eigenvalue weighted by molar-refractivity contribution is 7.81. The van der Waals surface area contributed by atoms with Gasteiger partial charge in [-0.25, -0.2) is 0 Å². The molecule has 29 heteroatoms. The van der Waals surface area contributed by atoms with Crippen LogP contribution in [0.5, 0.6) is 0 Å². The van der Waals surface area contributed by atoms with E-state index in [0.717, 1.165) is 20.7 Å². The molecule has 0 aliphatic heterocycles. The van der Waals surface area contributed by atoms with Crippen LogP contribution < -0.4 is 26.4 Å². The van der Waals surface area contributed by atoms with E-state index in [-0.39, 0.29) is 12.3 Å². The summed E-state index contributed by atoms with van der Waals surface area (Å²) in [5.41, 5.74) is -29.5. The van der Waals surface area contributed by atoms with Gasteiger partial charge in [-0.2, -0.15) is 132 Å². The maximum absolute atomic E-state index is 14.2. The number of pyridine rings is 1. The fourth-order valence-electron chi connectivity index (χ4n) is 8.39. The molecule has 0 amide bonds. The fourth-order valence-corrected chi connectivity index (χ4v) is 9.19. The number of benzene rings is 6. The van der Waals surface area contributed by atoms with Gasteiger partial charge >= 0.3 is 49.4 Å². The molecule has 1 aromatic heterocycles. The summed E-state index contributed by atoms with van der Waals surface area (Å²) in [5, 5.41) is 2.78. The normalized spacial score (nSPS) is 13.4. The number of alkyl halides is 24. The van der Waals surface area contributed by atoms with Crippen LogP contribution in [0.25, 0.3) is 10.8 Å². The zero-order chi connectivity index (χ0) is 58.7. The van der Waals surface area contributed by atoms with Crippen molar-refractivity contribution in [3.05, 3.63) is 184 Å². The van der Waals surface area contributed by atoms with Crippen LogP contribution in [-0.2, 0) is 56.0 Å². The second kappa shape index (κ2) is 20.9. The van der Waals surface area contributed by atoms with Gasteiger partial charge in [0.1, 0.15) is 6.15 Å². The molecule has 416 valence electrons. The van der Waals surface area contributed by atoms with Crippen molar-refractivity contribution in [2.75, 3.05) is 0 Å². The van der Waals surface area contributed by atoms with E-state index < -0.39 is 195 Å². The third kappa shape index (κ3) is 13.3. The first-order chi connectivity index (χ1) is 35.4. The number of aromatic nitrogens is 1. The number of ketones is 1. The molecule has 6 aromatic carbocycles. The third-order valence-electron chi connectivity index (χ3n) is 11.9. The molecule has 0 unspecified atom stereocenters. The van der Waals surface area contributed by atoms with E-state index in [1.807, 2.05) is 65.4 Å². The summed E-state index contributed by atoms with van der Waals surface area (Å²) in [4.78, 5) is 13.2. The van der Waals surface area contributed by atoms with Crippen LogP contribution in [0, 0.1) is 0 Å². The van der Waals surface area contributed by atoms with E-state index >= 15 is 0 Å². The summed E-state index contributed by atoms with van der Waals surface area (Å²) >= 11 is 9.06. The zero-order valence-corrected chi connectivity index (χ0v) is 39.6. The van der Waals surface area contributed by atoms with Crippen molar-refractivity contribution in [3.63, 3.8) is 0 Å². The summed E-state index contributed by atoms with van der Waals surface area (Å²) in [7, 11) is 0. The van der Waals surface area contributed by atoms with Crippen LogP contribution in [0.2, 0.25) is 0 Å². The van der Waals surface area contributed by atoms with Crippen LogP contribution >= 0.6 is 25.3 Å². The van der Waals surface area contributed by atoms with Crippen molar-refractivity contribution >= 4 is 69.8 Å². The molecule has 0 bridgehead atoms. The maximum Gasteiger partial charge on any atom is 0.416 e. The molecule has 0 saturated carbocycles. The lowest BCUT2D eigenvalue weighted by Crippen LogP contribution is -2.75. The van der Waals surface area contributed by atoms with Crippen molar-refractivity contribution in [1.29, 1.82) is 0 Å². The van der Waals surface area contributed by atoms with Gasteiger partial charge in [0, 0.05) is 16.5 Å². The number of carbonyl (C=O) groups is 1. The lowest BCUT2D eigenvalue weighted by atomic mass is 9.12. The third-order valence-corrected chi connectivity index (χ3v) is 12.7. The number of nitrogens with zero attached hydrogens (tertiary/aromatic N) is 1. The number of hydrogen-bond donors (Lipinski definition) is 2. The van der Waals surface area contributed by atoms with Crippen LogP contribution in [0.3, 0.4) is 0 Å². The summed E-state index contributed by atoms with van der Waals surface area (Å²) in [6.07, 6.45) is -52.9. The standard InChI is InChI=1S/C32H12BF24.C17H13NOS2/c34-25(35,36)13-1-14(26(37,38)39)6-21(5-13)33(22-7-15(27(40,41)42)2-16(8-22)28(43,44)45,23-9-17(29(46,47)48)3-18(10-23)30(49,50)51)24-11-19(31(52,53)54)4-20(12-24)32(55,56)57;19-14(12-5-2-1-3-6-12)11-18-10-9-13-7-4-8-15(20)16(13)17(18)21/h1-12H;1-10H,11H2,(H,20,21)/q-1;/p+1. The molecular formula is C49H26BF24NOS2. The molecule has 2 nitrogen and oxygen atoms in total. The number of thiol groups is 2. The minimum atomic E-state index is -6.13. The molecule has 0 fully saturated rings. The second-order valence-electron chi connectivity index (χ2n) is 17.0. The first-order valence-electron chi connectivity index (χ1n) is 21.2. The minimum Gasteiger partial charge on any atom is -0.287 e. The predicted octanol–water partition coefficient (Wildman–Crippen LogP) is 14.8. The van der Waals surface area contributed by atoms with E-state index in [1.165, 1.54) is 0 Å². The zero-order valence-electron chi connectivity index (χ0n) is 37.8. The van der Waals surface area contributed by atoms with Gasteiger partial charge in [0.05, 0.1) is 49.9 Å². The molecule has 7 rings (SSSR count). The van der Waals surface area contributed by atoms with Gasteiger partial charge in [0.2, 0.25) is 17.4 Å². The molecule has 7 aromatic rings. The predicted molar refractivity (Wildman–Crippen MR) is 239 cm³/mol. The Morgan fingerprint density at radius 3 is 0.923 bits per heavy atom. The maximum atomic E-state index is 14.2. The number of carbonyl (C=O) groups excluding carboxylic acids is 1. The number of fused-ring (bicyclic) bond motifs is 1. The average molecular weight is 1180 g/mol. The average Bonchev–Trinajstić information content (AvgIpc) is 3.35. The first kappa shape index (κ1) is 60.7. The van der Waals surface area contributed by atoms with Crippen molar-refractivity contribution in [3.8, 4) is 0 Å². The van der Waals surface area contributed by atoms with Gasteiger partial charge in [-0.15, -0.1) is 12.6 Å². The monoisotopic (exact) mass is 1180 g/mol. The molecule has 0 atom stereocenters. The number of Topliss-reactive ketones (excluding diaryl/α,β-unsaturated/α-hetero) is 1. The Balaban J connectivity index is 0.000000387. The Kier molecular flexibility index (Phi) is 16.3. The number of rotatable bonds is 7. The van der Waals surface area contributed by atoms with Crippen LogP contribution in [0.1, 0.15) is 54.9 Å². The summed E-state index contributed by atoms with van der Waals surface area (Å²) in [6.45, 7) is 0.265. The summed E-state index contributed by atoms with van der Waals surface area (Å²) in [5.74, 6) is 0.0619. The van der Waals surface area contributed by atoms with Crippen LogP contribution in [0.15, 0.2) is 144 Å². The molecule has 0 aliphatic carbocycles. The summed E-state index contributed by atoms with van der Waals surface area (Å²) < 4.78 is 343. The quantitative estimate of drug-likeness (QED) is 0.0536. The topological polar surface area (TPSA) is 20.9 Å². The molecule has 0 radical (unpaired) electrons. The van der Waals surface area contributed by atoms with Crippen molar-refractivity contribution in [1.82, 2.24) is 0 Å². The number of halogens is 24. The van der Waals surface area contributed by atoms with Gasteiger partial charge in [-0.05, 0) is 35.7 Å². The highest BCUT2D eigenvalue weighted by Crippen LogP contribution is 2.41. The molecule has 1 heterocycles. The molecular weight excluding hydrogens is 1150 g/mol. The van der Waals surface area contributed by atoms with Crippen molar-refractivity contribution < 1.29 is 115 Å². The Morgan fingerprint density at radius 1 is 0.372 bits per heavy atom. The van der Waals surface area contributed by atoms with Crippen molar-refractivity contribution in [2.45, 2.75) is 65.9 Å². The van der Waals surface area contributed by atoms with Gasteiger partial charge in [0.25, 0.3) is 0 Å². The molecule has 78 heavy (non-hydrogen) atoms. The molecule has 0 N–H and O–H groups in total. The van der Waals surface area contributed by atoms with E-state index in [4.69, 9.17) is 0 Å². The van der Waals surface area contributed by atoms with Gasteiger partial charge in [-0.1, -0.05) is 104 Å². The molecule has 0 saturated heterocycles. The van der Waals surface area contributed by atoms with Crippen LogP contribution in [-0.4, -0.2) is 11.9 Å². The highest BCUT2D eigenvalue weighted by atomic mass is 32.1. The Bertz CT molecular complexity index is 2930. The minimum absolute atomic E-state index is 0.0619. The fraction of sp³-hybridized carbons (Fsp3) is 0.184. The van der Waals surface area contributed by atoms with Gasteiger partial charge in [-0.3, -0.25) is 4.79 Å². The summed E-state index contributed by atoms with van der Waals surface area (Å²) in [6, 6.07) is 8.35. The van der Waals surface area contributed by atoms with E-state index in [2.05, 4.69) is 25.3 Å². The Hall–Kier alpha value is -6.52. The Morgan fingerprint density at radius 2 is 0.654 bits per heavy atom. The van der Waals surface area contributed by atoms with Crippen molar-refractivity contribution in [2.24, 2.45) is 0 Å². The first-order valence-corrected chi connectivity index (χ1v) is 22.1. The van der Waals surface area contributed by atoms with Crippen LogP contribution in [0.4, 0.5) is 105 Å². The molecule has 0 aliphatic rings. The lowest BCUT2D eigenvalue weighted by molar-refractivity contribution is -0.717. The molecule has 0 spiro atoms. The van der Waals surface area contributed by atoms with Gasteiger partial charge < -0.3 is 0 Å². The lowest BCUT2D eigenvalue weighted by Gasteiger charge is -2.46. The van der Waals surface area contributed by atoms with E-state index in [0.29, 0.717) is 5.56 Å². The SMILES string of the molecule is FC(F)(F)c1cc([B-](c2cc(C(F)(F)F)cc(C(F)(F)F)c2)(c2cc(C(F)(F)F)cc(C(F)(F)F)c2)c2cc(C(F)(F)F)cc(C(F)(F)F)c2)cc(C(F)(F)F)c1.O=C(C[n+]1ccc2cccc(S)c2c1S)c1ccccc1. The largest absolute Gasteiger partial charge is 0.416 e. The van der Waals surface area contributed by atoms with E-state index in [9.17, 15) is 110 Å². The van der Waals surface area contributed by atoms with Gasteiger partial charge in [0.15, 0.2) is 6.20 Å². The van der Waals surface area contributed by atoms with E-state index in [1.54, 1.807) is 0 Å². The smallest absolute Gasteiger partial charge is 0.287 e. The highest BCUT2D eigenvalue weighted by Gasteiger charge is 2.47. The number of hydrogen-bond acceptors (Lipinski definition) is 3.